The van der Waals surface area contributed by atoms with Crippen LogP contribution in [0.1, 0.15) is 17.1 Å². The summed E-state index contributed by atoms with van der Waals surface area (Å²) in [6.45, 7) is 5.82. The lowest BCUT2D eigenvalue weighted by Crippen LogP contribution is -2.31. The first-order chi connectivity index (χ1) is 14.9. The molecule has 0 spiro atoms. The van der Waals surface area contributed by atoms with Gasteiger partial charge in [-0.3, -0.25) is 20.0 Å². The van der Waals surface area contributed by atoms with Crippen LogP contribution in [-0.4, -0.2) is 69.4 Å². The number of aromatic nitrogens is 5. The number of ether oxygens (including phenoxy) is 1. The van der Waals surface area contributed by atoms with Crippen molar-refractivity contribution in [2.45, 2.75) is 13.8 Å². The average molecular weight is 421 g/mol. The molecule has 1 aliphatic heterocycles. The van der Waals surface area contributed by atoms with Crippen LogP contribution in [0.3, 0.4) is 0 Å². The zero-order chi connectivity index (χ0) is 22.1. The zero-order valence-corrected chi connectivity index (χ0v) is 18.6. The van der Waals surface area contributed by atoms with Crippen LogP contribution in [0.5, 0.6) is 5.88 Å². The van der Waals surface area contributed by atoms with Gasteiger partial charge in [-0.05, 0) is 39.1 Å². The minimum Gasteiger partial charge on any atom is -0.476 e. The van der Waals surface area contributed by atoms with Gasteiger partial charge in [-0.25, -0.2) is 4.68 Å². The van der Waals surface area contributed by atoms with Crippen molar-refractivity contribution in [2.24, 2.45) is 17.8 Å². The highest BCUT2D eigenvalue weighted by molar-refractivity contribution is 6.05. The van der Waals surface area contributed by atoms with Crippen LogP contribution >= 0.6 is 0 Å². The summed E-state index contributed by atoms with van der Waals surface area (Å²) in [5, 5.41) is 13.2. The van der Waals surface area contributed by atoms with Gasteiger partial charge in [0.15, 0.2) is 0 Å². The molecule has 4 heterocycles. The molecule has 31 heavy (non-hydrogen) atoms. The first-order valence-electron chi connectivity index (χ1n) is 10.2. The Bertz CT molecular complexity index is 1210. The lowest BCUT2D eigenvalue weighted by Gasteiger charge is -2.19. The third kappa shape index (κ3) is 3.84. The number of hydrogen-bond acceptors (Lipinski definition) is 7. The maximum Gasteiger partial charge on any atom is 0.221 e. The molecule has 4 rings (SSSR count). The van der Waals surface area contributed by atoms with Gasteiger partial charge in [-0.15, -0.1) is 0 Å². The number of nitrogens with one attached hydrogen (secondary N) is 1. The summed E-state index contributed by atoms with van der Waals surface area (Å²) in [4.78, 5) is 11.4. The van der Waals surface area contributed by atoms with Crippen LogP contribution in [0.15, 0.2) is 28.9 Å². The first-order valence-corrected chi connectivity index (χ1v) is 10.2. The van der Waals surface area contributed by atoms with E-state index >= 15 is 0 Å². The first kappa shape index (κ1) is 20.8. The quantitative estimate of drug-likeness (QED) is 0.577. The van der Waals surface area contributed by atoms with Gasteiger partial charge in [-0.2, -0.15) is 10.2 Å². The van der Waals surface area contributed by atoms with E-state index in [1.54, 1.807) is 17.9 Å². The number of fused-ring (bicyclic) bond motifs is 3. The molecule has 0 saturated heterocycles. The fourth-order valence-electron chi connectivity index (χ4n) is 3.89. The molecule has 0 radical (unpaired) electrons. The van der Waals surface area contributed by atoms with Crippen molar-refractivity contribution in [1.29, 1.82) is 0 Å². The van der Waals surface area contributed by atoms with Crippen molar-refractivity contribution in [2.75, 3.05) is 33.8 Å². The maximum atomic E-state index is 6.20. The van der Waals surface area contributed by atoms with E-state index in [-0.39, 0.29) is 0 Å². The molecule has 9 nitrogen and oxygen atoms in total. The monoisotopic (exact) mass is 420 g/mol. The number of H-pyrrole nitrogens is 1. The van der Waals surface area contributed by atoms with Crippen molar-refractivity contribution >= 4 is 22.7 Å². The van der Waals surface area contributed by atoms with E-state index in [1.807, 2.05) is 46.2 Å². The fraction of sp³-hybridized carbons (Fsp3) is 0.364. The van der Waals surface area contributed by atoms with Crippen molar-refractivity contribution in [3.63, 3.8) is 0 Å². The minimum absolute atomic E-state index is 0.509. The molecule has 1 aliphatic rings. The Balaban J connectivity index is 1.93. The second-order valence-corrected chi connectivity index (χ2v) is 7.73. The van der Waals surface area contributed by atoms with Gasteiger partial charge in [0.25, 0.3) is 0 Å². The number of allylic oxidation sites excluding steroid dienone is 1. The molecule has 9 heteroatoms. The number of likely N-dealkylation sites (N-methyl/N-ethyl adjacent to an activating group) is 1. The highest BCUT2D eigenvalue weighted by Gasteiger charge is 2.21. The SMILES string of the molecule is CN=C1CN(C)CCOc2c(c(C)nn2C)-c2cc3c([nH]nc3c(C)n2)/C=C/C1=C/N. The summed E-state index contributed by atoms with van der Waals surface area (Å²) in [6, 6.07) is 2.04. The van der Waals surface area contributed by atoms with E-state index in [1.165, 1.54) is 0 Å². The number of aromatic amines is 1. The van der Waals surface area contributed by atoms with E-state index < -0.39 is 0 Å². The van der Waals surface area contributed by atoms with Crippen LogP contribution in [-0.2, 0) is 7.05 Å². The van der Waals surface area contributed by atoms with E-state index in [2.05, 4.69) is 25.2 Å². The van der Waals surface area contributed by atoms with Crippen LogP contribution in [0, 0.1) is 13.8 Å². The molecular weight excluding hydrogens is 392 g/mol. The smallest absolute Gasteiger partial charge is 0.221 e. The van der Waals surface area contributed by atoms with Crippen molar-refractivity contribution in [3.05, 3.63) is 41.0 Å². The van der Waals surface area contributed by atoms with Crippen LogP contribution in [0.2, 0.25) is 0 Å². The lowest BCUT2D eigenvalue weighted by molar-refractivity contribution is 0.238. The Morgan fingerprint density at radius 1 is 1.23 bits per heavy atom. The topological polar surface area (TPSA) is 110 Å². The van der Waals surface area contributed by atoms with E-state index in [0.29, 0.717) is 19.0 Å². The molecule has 0 saturated carbocycles. The Morgan fingerprint density at radius 3 is 2.77 bits per heavy atom. The van der Waals surface area contributed by atoms with Gasteiger partial charge in [0.05, 0.1) is 34.1 Å². The Morgan fingerprint density at radius 2 is 2.03 bits per heavy atom. The normalized spacial score (nSPS) is 19.4. The Kier molecular flexibility index (Phi) is 5.60. The summed E-state index contributed by atoms with van der Waals surface area (Å²) in [7, 11) is 5.70. The fourth-order valence-corrected chi connectivity index (χ4v) is 3.89. The standard InChI is InChI=1S/C22H28N8O/c1-13-20-18-10-16-17(26-27-21(16)14(2)25-18)7-6-15(11-23)19(24-3)12-29(4)8-9-31-22(20)30(5)28-13/h6-7,10-11H,8-9,12,23H2,1-5H3,(H,26,27)/b7-6+,15-11-,24-19?. The van der Waals surface area contributed by atoms with Crippen LogP contribution < -0.4 is 10.5 Å². The molecule has 0 fully saturated rings. The number of nitrogens with two attached hydrogens (primary N) is 1. The van der Waals surface area contributed by atoms with Gasteiger partial charge < -0.3 is 10.5 Å². The molecule has 0 amide bonds. The van der Waals surface area contributed by atoms with Gasteiger partial charge in [0.1, 0.15) is 12.1 Å². The molecule has 3 aromatic heterocycles. The van der Waals surface area contributed by atoms with Gasteiger partial charge >= 0.3 is 0 Å². The highest BCUT2D eigenvalue weighted by atomic mass is 16.5. The second kappa shape index (κ2) is 8.35. The van der Waals surface area contributed by atoms with Crippen molar-refractivity contribution < 1.29 is 4.74 Å². The summed E-state index contributed by atoms with van der Waals surface area (Å²) < 4.78 is 7.97. The molecule has 0 aromatic carbocycles. The molecule has 162 valence electrons. The molecule has 0 atom stereocenters. The summed E-state index contributed by atoms with van der Waals surface area (Å²) in [5.41, 5.74) is 12.8. The maximum absolute atomic E-state index is 6.20. The van der Waals surface area contributed by atoms with E-state index in [4.69, 9.17) is 15.5 Å². The Hall–Kier alpha value is -3.46. The number of hydrogen-bond donors (Lipinski definition) is 2. The number of aliphatic imine (C=N–C) groups is 1. The highest BCUT2D eigenvalue weighted by Crippen LogP contribution is 2.34. The third-order valence-corrected chi connectivity index (χ3v) is 5.51. The van der Waals surface area contributed by atoms with Gasteiger partial charge in [0, 0.05) is 44.3 Å². The number of rotatable bonds is 0. The average Bonchev–Trinajstić information content (AvgIpc) is 3.27. The summed E-state index contributed by atoms with van der Waals surface area (Å²) in [5.74, 6) is 0.708. The van der Waals surface area contributed by atoms with Gasteiger partial charge in [0.2, 0.25) is 5.88 Å². The van der Waals surface area contributed by atoms with E-state index in [0.717, 1.165) is 57.1 Å². The minimum atomic E-state index is 0.509. The van der Waals surface area contributed by atoms with Gasteiger partial charge in [-0.1, -0.05) is 0 Å². The molecule has 2 bridgehead atoms. The molecule has 3 aromatic rings. The summed E-state index contributed by atoms with van der Waals surface area (Å²) in [6.07, 6.45) is 5.54. The number of nitrogens with zero attached hydrogens (tertiary/aromatic N) is 6. The third-order valence-electron chi connectivity index (χ3n) is 5.51. The van der Waals surface area contributed by atoms with Crippen LogP contribution in [0.4, 0.5) is 0 Å². The molecule has 0 unspecified atom stereocenters. The lowest BCUT2D eigenvalue weighted by atomic mass is 10.1. The molecule has 0 aliphatic carbocycles. The predicted molar refractivity (Wildman–Crippen MR) is 123 cm³/mol. The second-order valence-electron chi connectivity index (χ2n) is 7.73. The van der Waals surface area contributed by atoms with Crippen LogP contribution in [0.25, 0.3) is 28.2 Å². The van der Waals surface area contributed by atoms with E-state index in [9.17, 15) is 0 Å². The largest absolute Gasteiger partial charge is 0.476 e. The Labute approximate surface area is 181 Å². The molecule has 3 N–H and O–H groups in total. The van der Waals surface area contributed by atoms with Crippen molar-refractivity contribution in [1.82, 2.24) is 29.9 Å². The number of aryl methyl sites for hydroxylation is 3. The number of pyridine rings is 1. The predicted octanol–water partition coefficient (Wildman–Crippen LogP) is 2.23. The van der Waals surface area contributed by atoms with Crippen molar-refractivity contribution in [3.8, 4) is 17.1 Å². The molecular formula is C22H28N8O. The summed E-state index contributed by atoms with van der Waals surface area (Å²) >= 11 is 0. The zero-order valence-electron chi connectivity index (χ0n) is 18.6.